The van der Waals surface area contributed by atoms with Gasteiger partial charge in [0.05, 0.1) is 0 Å². The smallest absolute Gasteiger partial charge is 0.253 e. The predicted octanol–water partition coefficient (Wildman–Crippen LogP) is 2.77. The van der Waals surface area contributed by atoms with Crippen LogP contribution in [0.3, 0.4) is 0 Å². The van der Waals surface area contributed by atoms with Crippen LogP contribution >= 0.6 is 12.4 Å². The number of nitrogens with two attached hydrogens (primary N) is 1. The van der Waals surface area contributed by atoms with E-state index in [-0.39, 0.29) is 30.3 Å². The number of benzene rings is 2. The summed E-state index contributed by atoms with van der Waals surface area (Å²) in [4.78, 5) is 19.0. The highest BCUT2D eigenvalue weighted by atomic mass is 35.5. The van der Waals surface area contributed by atoms with Gasteiger partial charge < -0.3 is 10.6 Å². The van der Waals surface area contributed by atoms with Crippen molar-refractivity contribution in [1.82, 2.24) is 20.1 Å². The Bertz CT molecular complexity index is 910. The Kier molecular flexibility index (Phi) is 5.58. The summed E-state index contributed by atoms with van der Waals surface area (Å²) in [5.74, 6) is 1.58. The van der Waals surface area contributed by atoms with Gasteiger partial charge in [-0.2, -0.15) is 5.10 Å². The molecule has 2 heterocycles. The lowest BCUT2D eigenvalue weighted by molar-refractivity contribution is 0.0789. The molecule has 0 aliphatic carbocycles. The predicted molar refractivity (Wildman–Crippen MR) is 107 cm³/mol. The van der Waals surface area contributed by atoms with Crippen LogP contribution in [0.5, 0.6) is 0 Å². The maximum Gasteiger partial charge on any atom is 0.253 e. The number of aromatic amines is 1. The largest absolute Gasteiger partial charge is 0.336 e. The maximum atomic E-state index is 12.9. The molecule has 140 valence electrons. The van der Waals surface area contributed by atoms with E-state index in [0.717, 1.165) is 11.4 Å². The molecule has 2 atom stereocenters. The molecule has 0 unspecified atom stereocenters. The molecule has 0 bridgehead atoms. The van der Waals surface area contributed by atoms with E-state index in [1.807, 2.05) is 54.3 Å². The zero-order valence-corrected chi connectivity index (χ0v) is 15.8. The van der Waals surface area contributed by atoms with Crippen molar-refractivity contribution in [3.63, 3.8) is 0 Å². The van der Waals surface area contributed by atoms with Crippen LogP contribution in [0.1, 0.15) is 27.7 Å². The molecule has 6 nitrogen and oxygen atoms in total. The number of nitrogens with zero attached hydrogens (tertiary/aromatic N) is 3. The van der Waals surface area contributed by atoms with Crippen LogP contribution in [0.4, 0.5) is 0 Å². The second-order valence-corrected chi connectivity index (χ2v) is 6.71. The molecule has 2 aromatic carbocycles. The third-order valence-corrected chi connectivity index (χ3v) is 4.87. The Hall–Kier alpha value is -2.70. The fourth-order valence-corrected chi connectivity index (χ4v) is 3.46. The molecular formula is C20H22ClN5O. The summed E-state index contributed by atoms with van der Waals surface area (Å²) in [6.45, 7) is 3.07. The standard InChI is InChI=1S/C20H21N5O.ClH/c1-13-22-19(24-23-13)15-7-9-16(10-8-15)20(26)25-11-17(18(21)12-25)14-5-3-2-4-6-14;/h2-10,17-18H,11-12,21H2,1H3,(H,22,23,24);1H/t17-,18+;/m0./s1. The van der Waals surface area contributed by atoms with E-state index in [1.54, 1.807) is 0 Å². The molecular weight excluding hydrogens is 362 g/mol. The first-order valence-electron chi connectivity index (χ1n) is 8.71. The van der Waals surface area contributed by atoms with Crippen LogP contribution < -0.4 is 5.73 Å². The van der Waals surface area contributed by atoms with Gasteiger partial charge in [-0.15, -0.1) is 12.4 Å². The van der Waals surface area contributed by atoms with Crippen LogP contribution in [0, 0.1) is 6.92 Å². The first kappa shape index (κ1) is 19.1. The number of hydrogen-bond donors (Lipinski definition) is 2. The van der Waals surface area contributed by atoms with Gasteiger partial charge in [-0.1, -0.05) is 42.5 Å². The zero-order valence-electron chi connectivity index (χ0n) is 15.0. The van der Waals surface area contributed by atoms with Crippen LogP contribution in [0.25, 0.3) is 11.4 Å². The minimum absolute atomic E-state index is 0. The van der Waals surface area contributed by atoms with Crippen molar-refractivity contribution < 1.29 is 4.79 Å². The monoisotopic (exact) mass is 383 g/mol. The maximum absolute atomic E-state index is 12.9. The van der Waals surface area contributed by atoms with Gasteiger partial charge in [-0.25, -0.2) is 4.98 Å². The number of halogens is 1. The van der Waals surface area contributed by atoms with E-state index in [2.05, 4.69) is 27.3 Å². The molecule has 4 rings (SSSR count). The van der Waals surface area contributed by atoms with Gasteiger partial charge in [0.25, 0.3) is 5.91 Å². The highest BCUT2D eigenvalue weighted by Gasteiger charge is 2.34. The Labute approximate surface area is 164 Å². The fraction of sp³-hybridized carbons (Fsp3) is 0.250. The van der Waals surface area contributed by atoms with Gasteiger partial charge in [-0.05, 0) is 24.6 Å². The van der Waals surface area contributed by atoms with Gasteiger partial charge in [0.1, 0.15) is 5.82 Å². The average molecular weight is 384 g/mol. The van der Waals surface area contributed by atoms with E-state index in [9.17, 15) is 4.79 Å². The molecule has 0 radical (unpaired) electrons. The number of carbonyl (C=O) groups is 1. The van der Waals surface area contributed by atoms with Crippen molar-refractivity contribution in [2.75, 3.05) is 13.1 Å². The number of hydrogen-bond acceptors (Lipinski definition) is 4. The normalized spacial score (nSPS) is 19.0. The van der Waals surface area contributed by atoms with Gasteiger partial charge in [-0.3, -0.25) is 9.89 Å². The van der Waals surface area contributed by atoms with E-state index >= 15 is 0 Å². The minimum atomic E-state index is -0.0446. The number of nitrogens with one attached hydrogen (secondary N) is 1. The number of rotatable bonds is 3. The van der Waals surface area contributed by atoms with Crippen LogP contribution in [-0.4, -0.2) is 45.1 Å². The highest BCUT2D eigenvalue weighted by Crippen LogP contribution is 2.27. The van der Waals surface area contributed by atoms with Gasteiger partial charge in [0.2, 0.25) is 0 Å². The summed E-state index contributed by atoms with van der Waals surface area (Å²) in [7, 11) is 0. The second-order valence-electron chi connectivity index (χ2n) is 6.71. The molecule has 7 heteroatoms. The highest BCUT2D eigenvalue weighted by molar-refractivity contribution is 5.95. The molecule has 1 aromatic heterocycles. The Morgan fingerprint density at radius 2 is 1.81 bits per heavy atom. The summed E-state index contributed by atoms with van der Waals surface area (Å²) in [5, 5.41) is 6.97. The minimum Gasteiger partial charge on any atom is -0.336 e. The lowest BCUT2D eigenvalue weighted by atomic mass is 9.95. The first-order valence-corrected chi connectivity index (χ1v) is 8.71. The molecule has 1 amide bonds. The van der Waals surface area contributed by atoms with Gasteiger partial charge >= 0.3 is 0 Å². The molecule has 27 heavy (non-hydrogen) atoms. The average Bonchev–Trinajstić information content (AvgIpc) is 3.28. The Balaban J connectivity index is 0.00000210. The van der Waals surface area contributed by atoms with Crippen molar-refractivity contribution in [3.8, 4) is 11.4 Å². The summed E-state index contributed by atoms with van der Waals surface area (Å²) in [5.41, 5.74) is 9.03. The summed E-state index contributed by atoms with van der Waals surface area (Å²) in [6.07, 6.45) is 0. The zero-order chi connectivity index (χ0) is 18.1. The van der Waals surface area contributed by atoms with E-state index in [0.29, 0.717) is 24.5 Å². The molecule has 3 N–H and O–H groups in total. The number of aromatic nitrogens is 3. The van der Waals surface area contributed by atoms with Crippen LogP contribution in [0.15, 0.2) is 54.6 Å². The number of amides is 1. The Morgan fingerprint density at radius 1 is 1.11 bits per heavy atom. The van der Waals surface area contributed by atoms with E-state index in [4.69, 9.17) is 5.73 Å². The van der Waals surface area contributed by atoms with Gasteiger partial charge in [0.15, 0.2) is 5.82 Å². The molecule has 3 aromatic rings. The lowest BCUT2D eigenvalue weighted by Gasteiger charge is -2.16. The summed E-state index contributed by atoms with van der Waals surface area (Å²) in [6, 6.07) is 17.5. The van der Waals surface area contributed by atoms with E-state index in [1.165, 1.54) is 5.56 Å². The van der Waals surface area contributed by atoms with Crippen molar-refractivity contribution in [3.05, 3.63) is 71.5 Å². The number of likely N-dealkylation sites (tertiary alicyclic amines) is 1. The molecule has 0 spiro atoms. The van der Waals surface area contributed by atoms with E-state index < -0.39 is 0 Å². The molecule has 1 aliphatic rings. The van der Waals surface area contributed by atoms with Crippen LogP contribution in [0.2, 0.25) is 0 Å². The second kappa shape index (κ2) is 7.90. The molecule has 1 saturated heterocycles. The van der Waals surface area contributed by atoms with Crippen molar-refractivity contribution >= 4 is 18.3 Å². The number of carbonyl (C=O) groups excluding carboxylic acids is 1. The quantitative estimate of drug-likeness (QED) is 0.727. The topological polar surface area (TPSA) is 87.9 Å². The van der Waals surface area contributed by atoms with Crippen molar-refractivity contribution in [1.29, 1.82) is 0 Å². The first-order chi connectivity index (χ1) is 12.6. The van der Waals surface area contributed by atoms with Crippen molar-refractivity contribution in [2.45, 2.75) is 18.9 Å². The molecule has 0 saturated carbocycles. The summed E-state index contributed by atoms with van der Waals surface area (Å²) >= 11 is 0. The summed E-state index contributed by atoms with van der Waals surface area (Å²) < 4.78 is 0. The lowest BCUT2D eigenvalue weighted by Crippen LogP contribution is -2.32. The Morgan fingerprint density at radius 3 is 2.44 bits per heavy atom. The SMILES string of the molecule is Cc1nc(-c2ccc(C(=O)N3C[C@@H](N)[C@H](c4ccccc4)C3)cc2)n[nH]1.Cl. The fourth-order valence-electron chi connectivity index (χ4n) is 3.46. The molecule has 1 fully saturated rings. The molecule has 1 aliphatic heterocycles. The third-order valence-electron chi connectivity index (χ3n) is 4.87. The number of aryl methyl sites for hydroxylation is 1. The van der Waals surface area contributed by atoms with Crippen LogP contribution in [-0.2, 0) is 0 Å². The third kappa shape index (κ3) is 3.86. The van der Waals surface area contributed by atoms with Gasteiger partial charge in [0, 0.05) is 36.2 Å². The number of H-pyrrole nitrogens is 1. The van der Waals surface area contributed by atoms with Crippen molar-refractivity contribution in [2.24, 2.45) is 5.73 Å².